The second-order valence-electron chi connectivity index (χ2n) is 4.21. The molecule has 0 aromatic rings. The molecule has 13 heavy (non-hydrogen) atoms. The Morgan fingerprint density at radius 1 is 1.31 bits per heavy atom. The standard InChI is InChI=1S/C10H21NOS/c1-10(2,3)9(12)11-7-5-6-8-13-4/h5-8H2,1-4H3,(H,11,12). The Balaban J connectivity index is 3.38. The van der Waals surface area contributed by atoms with Gasteiger partial charge in [-0.05, 0) is 24.9 Å². The molecule has 0 bridgehead atoms. The van der Waals surface area contributed by atoms with Gasteiger partial charge in [-0.3, -0.25) is 4.79 Å². The third kappa shape index (κ3) is 6.94. The van der Waals surface area contributed by atoms with Crippen molar-refractivity contribution in [3.63, 3.8) is 0 Å². The van der Waals surface area contributed by atoms with Crippen LogP contribution < -0.4 is 5.32 Å². The lowest BCUT2D eigenvalue weighted by Gasteiger charge is -2.17. The first kappa shape index (κ1) is 12.8. The van der Waals surface area contributed by atoms with Gasteiger partial charge in [0.15, 0.2) is 0 Å². The van der Waals surface area contributed by atoms with Crippen LogP contribution in [0.4, 0.5) is 0 Å². The van der Waals surface area contributed by atoms with Crippen LogP contribution in [0.25, 0.3) is 0 Å². The molecule has 0 rings (SSSR count). The Labute approximate surface area is 85.9 Å². The highest BCUT2D eigenvalue weighted by Crippen LogP contribution is 2.12. The van der Waals surface area contributed by atoms with E-state index in [0.717, 1.165) is 13.0 Å². The molecule has 0 saturated carbocycles. The van der Waals surface area contributed by atoms with Crippen molar-refractivity contribution in [2.75, 3.05) is 18.6 Å². The van der Waals surface area contributed by atoms with Crippen molar-refractivity contribution in [2.24, 2.45) is 5.41 Å². The van der Waals surface area contributed by atoms with E-state index < -0.39 is 0 Å². The van der Waals surface area contributed by atoms with Gasteiger partial charge in [0.1, 0.15) is 0 Å². The molecule has 3 heteroatoms. The molecule has 0 radical (unpaired) electrons. The van der Waals surface area contributed by atoms with Crippen LogP contribution in [0.3, 0.4) is 0 Å². The summed E-state index contributed by atoms with van der Waals surface area (Å²) >= 11 is 1.85. The molecule has 0 heterocycles. The number of carbonyl (C=O) groups excluding carboxylic acids is 1. The summed E-state index contributed by atoms with van der Waals surface area (Å²) in [6.07, 6.45) is 4.38. The van der Waals surface area contributed by atoms with E-state index in [-0.39, 0.29) is 11.3 Å². The molecule has 0 atom stereocenters. The maximum atomic E-state index is 11.4. The Hall–Kier alpha value is -0.180. The molecule has 0 fully saturated rings. The number of carbonyl (C=O) groups is 1. The number of hydrogen-bond acceptors (Lipinski definition) is 2. The van der Waals surface area contributed by atoms with Gasteiger partial charge in [-0.15, -0.1) is 0 Å². The van der Waals surface area contributed by atoms with Gasteiger partial charge < -0.3 is 5.32 Å². The van der Waals surface area contributed by atoms with Crippen molar-refractivity contribution in [2.45, 2.75) is 33.6 Å². The zero-order valence-electron chi connectivity index (χ0n) is 9.14. The molecule has 0 aromatic heterocycles. The fourth-order valence-electron chi connectivity index (χ4n) is 0.838. The minimum atomic E-state index is -0.250. The summed E-state index contributed by atoms with van der Waals surface area (Å²) in [5.41, 5.74) is -0.250. The highest BCUT2D eigenvalue weighted by Gasteiger charge is 2.19. The van der Waals surface area contributed by atoms with Gasteiger partial charge in [0.05, 0.1) is 0 Å². The van der Waals surface area contributed by atoms with Gasteiger partial charge in [0.25, 0.3) is 0 Å². The molecule has 0 aromatic carbocycles. The van der Waals surface area contributed by atoms with Crippen LogP contribution in [-0.4, -0.2) is 24.5 Å². The lowest BCUT2D eigenvalue weighted by molar-refractivity contribution is -0.128. The normalized spacial score (nSPS) is 11.4. The van der Waals surface area contributed by atoms with Crippen LogP contribution in [0, 0.1) is 5.41 Å². The predicted molar refractivity (Wildman–Crippen MR) is 60.1 cm³/mol. The van der Waals surface area contributed by atoms with Crippen molar-refractivity contribution >= 4 is 17.7 Å². The fourth-order valence-corrected chi connectivity index (χ4v) is 1.33. The van der Waals surface area contributed by atoms with Gasteiger partial charge in [0.2, 0.25) is 5.91 Å². The second kappa shape index (κ2) is 6.30. The summed E-state index contributed by atoms with van der Waals surface area (Å²) in [6.45, 7) is 6.62. The van der Waals surface area contributed by atoms with Crippen molar-refractivity contribution < 1.29 is 4.79 Å². The molecular formula is C10H21NOS. The first-order valence-electron chi connectivity index (χ1n) is 4.75. The van der Waals surface area contributed by atoms with E-state index >= 15 is 0 Å². The van der Waals surface area contributed by atoms with Crippen molar-refractivity contribution in [3.8, 4) is 0 Å². The smallest absolute Gasteiger partial charge is 0.225 e. The van der Waals surface area contributed by atoms with Crippen LogP contribution in [0.1, 0.15) is 33.6 Å². The SMILES string of the molecule is CSCCCCNC(=O)C(C)(C)C. The van der Waals surface area contributed by atoms with Crippen molar-refractivity contribution in [3.05, 3.63) is 0 Å². The average Bonchev–Trinajstić information content (AvgIpc) is 2.02. The zero-order chi connectivity index (χ0) is 10.3. The van der Waals surface area contributed by atoms with E-state index in [1.165, 1.54) is 12.2 Å². The Kier molecular flexibility index (Phi) is 6.21. The summed E-state index contributed by atoms with van der Waals surface area (Å²) in [5, 5.41) is 2.93. The second-order valence-corrected chi connectivity index (χ2v) is 5.19. The summed E-state index contributed by atoms with van der Waals surface area (Å²) in [4.78, 5) is 11.4. The minimum Gasteiger partial charge on any atom is -0.356 e. The topological polar surface area (TPSA) is 29.1 Å². The zero-order valence-corrected chi connectivity index (χ0v) is 9.96. The number of nitrogens with one attached hydrogen (secondary N) is 1. The van der Waals surface area contributed by atoms with E-state index in [2.05, 4.69) is 11.6 Å². The molecule has 0 saturated heterocycles. The van der Waals surface area contributed by atoms with E-state index in [9.17, 15) is 4.79 Å². The maximum absolute atomic E-state index is 11.4. The number of unbranched alkanes of at least 4 members (excludes halogenated alkanes) is 1. The summed E-state index contributed by atoms with van der Waals surface area (Å²) in [6, 6.07) is 0. The van der Waals surface area contributed by atoms with Crippen molar-refractivity contribution in [1.29, 1.82) is 0 Å². The quantitative estimate of drug-likeness (QED) is 0.695. The lowest BCUT2D eigenvalue weighted by Crippen LogP contribution is -2.35. The van der Waals surface area contributed by atoms with Gasteiger partial charge in [-0.2, -0.15) is 11.8 Å². The van der Waals surface area contributed by atoms with E-state index in [1.54, 1.807) is 0 Å². The largest absolute Gasteiger partial charge is 0.356 e. The first-order valence-corrected chi connectivity index (χ1v) is 6.15. The molecule has 0 unspecified atom stereocenters. The Morgan fingerprint density at radius 2 is 1.92 bits per heavy atom. The van der Waals surface area contributed by atoms with Crippen LogP contribution >= 0.6 is 11.8 Å². The highest BCUT2D eigenvalue weighted by atomic mass is 32.2. The number of amides is 1. The molecule has 0 aliphatic rings. The van der Waals surface area contributed by atoms with Crippen LogP contribution in [0.2, 0.25) is 0 Å². The monoisotopic (exact) mass is 203 g/mol. The first-order chi connectivity index (χ1) is 5.98. The molecule has 2 nitrogen and oxygen atoms in total. The molecule has 0 spiro atoms. The molecule has 1 amide bonds. The van der Waals surface area contributed by atoms with Gasteiger partial charge in [-0.25, -0.2) is 0 Å². The predicted octanol–water partition coefficient (Wildman–Crippen LogP) is 2.29. The van der Waals surface area contributed by atoms with E-state index in [0.29, 0.717) is 0 Å². The average molecular weight is 203 g/mol. The Morgan fingerprint density at radius 3 is 2.38 bits per heavy atom. The molecule has 0 aliphatic heterocycles. The van der Waals surface area contributed by atoms with Crippen LogP contribution in [0.5, 0.6) is 0 Å². The van der Waals surface area contributed by atoms with Crippen LogP contribution in [0.15, 0.2) is 0 Å². The highest BCUT2D eigenvalue weighted by molar-refractivity contribution is 7.98. The van der Waals surface area contributed by atoms with Crippen molar-refractivity contribution in [1.82, 2.24) is 5.32 Å². The van der Waals surface area contributed by atoms with Gasteiger partial charge >= 0.3 is 0 Å². The summed E-state index contributed by atoms with van der Waals surface area (Å²) in [7, 11) is 0. The third-order valence-electron chi connectivity index (χ3n) is 1.74. The van der Waals surface area contributed by atoms with E-state index in [4.69, 9.17) is 0 Å². The van der Waals surface area contributed by atoms with E-state index in [1.807, 2.05) is 32.5 Å². The molecular weight excluding hydrogens is 182 g/mol. The minimum absolute atomic E-state index is 0.150. The van der Waals surface area contributed by atoms with Crippen LogP contribution in [-0.2, 0) is 4.79 Å². The molecule has 0 aliphatic carbocycles. The lowest BCUT2D eigenvalue weighted by atomic mass is 9.96. The third-order valence-corrected chi connectivity index (χ3v) is 2.44. The number of thioether (sulfide) groups is 1. The Bertz CT molecular complexity index is 151. The molecule has 1 N–H and O–H groups in total. The maximum Gasteiger partial charge on any atom is 0.225 e. The van der Waals surface area contributed by atoms with Gasteiger partial charge in [0, 0.05) is 12.0 Å². The summed E-state index contributed by atoms with van der Waals surface area (Å²) in [5.74, 6) is 1.34. The van der Waals surface area contributed by atoms with Gasteiger partial charge in [-0.1, -0.05) is 20.8 Å². The summed E-state index contributed by atoms with van der Waals surface area (Å²) < 4.78 is 0. The number of rotatable bonds is 5. The fraction of sp³-hybridized carbons (Fsp3) is 0.900. The molecule has 78 valence electrons. The number of hydrogen-bond donors (Lipinski definition) is 1.